The first-order chi connectivity index (χ1) is 17.3. The smallest absolute Gasteiger partial charge is 0.325 e. The number of rotatable bonds is 8. The molecule has 0 aliphatic carbocycles. The van der Waals surface area contributed by atoms with Crippen LogP contribution < -0.4 is 5.32 Å². The monoisotopic (exact) mass is 511 g/mol. The van der Waals surface area contributed by atoms with Crippen molar-refractivity contribution >= 4 is 23.4 Å². The van der Waals surface area contributed by atoms with Crippen molar-refractivity contribution in [2.75, 3.05) is 11.1 Å². The molecule has 186 valence electrons. The lowest BCUT2D eigenvalue weighted by atomic mass is 10.0. The van der Waals surface area contributed by atoms with E-state index in [4.69, 9.17) is 0 Å². The van der Waals surface area contributed by atoms with Gasteiger partial charge in [0.05, 0.1) is 22.7 Å². The van der Waals surface area contributed by atoms with Gasteiger partial charge < -0.3 is 5.32 Å². The lowest BCUT2D eigenvalue weighted by Gasteiger charge is -2.18. The van der Waals surface area contributed by atoms with Crippen molar-refractivity contribution in [2.45, 2.75) is 38.0 Å². The van der Waals surface area contributed by atoms with Crippen molar-refractivity contribution in [3.63, 3.8) is 0 Å². The van der Waals surface area contributed by atoms with Crippen LogP contribution in [0.3, 0.4) is 0 Å². The van der Waals surface area contributed by atoms with Crippen LogP contribution in [0.4, 0.5) is 18.9 Å². The lowest BCUT2D eigenvalue weighted by molar-refractivity contribution is -0.137. The summed E-state index contributed by atoms with van der Waals surface area (Å²) in [6.45, 7) is 4.12. The molecular weight excluding hydrogens is 487 g/mol. The van der Waals surface area contributed by atoms with Gasteiger partial charge in [-0.2, -0.15) is 13.2 Å². The number of thioether (sulfide) groups is 1. The largest absolute Gasteiger partial charge is 0.418 e. The molecule has 0 atom stereocenters. The Kier molecular flexibility index (Phi) is 7.73. The summed E-state index contributed by atoms with van der Waals surface area (Å²) >= 11 is 1.11. The number of aryl methyl sites for hydroxylation is 2. The van der Waals surface area contributed by atoms with E-state index in [0.29, 0.717) is 11.0 Å². The van der Waals surface area contributed by atoms with E-state index in [1.807, 2.05) is 28.8 Å². The zero-order valence-electron chi connectivity index (χ0n) is 19.7. The predicted molar refractivity (Wildman–Crippen MR) is 134 cm³/mol. The second-order valence-corrected chi connectivity index (χ2v) is 8.84. The molecule has 4 aromatic rings. The van der Waals surface area contributed by atoms with E-state index < -0.39 is 17.6 Å². The Morgan fingerprint density at radius 1 is 0.972 bits per heavy atom. The molecule has 2 heterocycles. The highest BCUT2D eigenvalue weighted by molar-refractivity contribution is 7.99. The zero-order valence-corrected chi connectivity index (χ0v) is 20.5. The SMILES string of the molecule is CCc1cccc(CC)c1-n1c(SCC(=O)Nc2ccccc2C(F)(F)F)nnc1-c1cccnc1. The summed E-state index contributed by atoms with van der Waals surface area (Å²) in [5, 5.41) is 11.6. The minimum absolute atomic E-state index is 0.146. The molecule has 0 aliphatic heterocycles. The molecule has 2 aromatic carbocycles. The quantitative estimate of drug-likeness (QED) is 0.285. The third-order valence-electron chi connectivity index (χ3n) is 5.58. The van der Waals surface area contributed by atoms with Crippen LogP contribution in [0.1, 0.15) is 30.5 Å². The summed E-state index contributed by atoms with van der Waals surface area (Å²) in [4.78, 5) is 16.9. The molecule has 10 heteroatoms. The highest BCUT2D eigenvalue weighted by Gasteiger charge is 2.33. The molecule has 6 nitrogen and oxygen atoms in total. The lowest BCUT2D eigenvalue weighted by Crippen LogP contribution is -2.18. The number of pyridine rings is 1. The van der Waals surface area contributed by atoms with Gasteiger partial charge in [0.1, 0.15) is 0 Å². The molecule has 4 rings (SSSR count). The minimum atomic E-state index is -4.57. The number of alkyl halides is 3. The van der Waals surface area contributed by atoms with E-state index in [1.165, 1.54) is 18.2 Å². The number of hydrogen-bond donors (Lipinski definition) is 1. The Labute approximate surface area is 211 Å². The van der Waals surface area contributed by atoms with Gasteiger partial charge in [-0.15, -0.1) is 10.2 Å². The van der Waals surface area contributed by atoms with E-state index in [-0.39, 0.29) is 11.4 Å². The van der Waals surface area contributed by atoms with E-state index in [0.717, 1.165) is 53.0 Å². The number of benzene rings is 2. The Balaban J connectivity index is 1.68. The molecule has 0 spiro atoms. The van der Waals surface area contributed by atoms with Gasteiger partial charge in [0.25, 0.3) is 0 Å². The Morgan fingerprint density at radius 2 is 1.69 bits per heavy atom. The standard InChI is InChI=1S/C26H24F3N5OS/c1-3-17-9-7-10-18(4-2)23(17)34-24(19-11-8-14-30-15-19)32-33-25(34)36-16-22(35)31-21-13-6-5-12-20(21)26(27,28)29/h5-15H,3-4,16H2,1-2H3,(H,31,35). The van der Waals surface area contributed by atoms with Gasteiger partial charge in [-0.3, -0.25) is 14.3 Å². The Bertz CT molecular complexity index is 1330. The van der Waals surface area contributed by atoms with E-state index in [1.54, 1.807) is 18.5 Å². The first kappa shape index (κ1) is 25.4. The number of nitrogens with zero attached hydrogens (tertiary/aromatic N) is 4. The summed E-state index contributed by atoms with van der Waals surface area (Å²) in [6, 6.07) is 14.7. The molecular formula is C26H24F3N5OS. The average Bonchev–Trinajstić information content (AvgIpc) is 3.30. The molecule has 1 N–H and O–H groups in total. The van der Waals surface area contributed by atoms with Crippen molar-refractivity contribution in [1.29, 1.82) is 0 Å². The van der Waals surface area contributed by atoms with Crippen LogP contribution in [0, 0.1) is 0 Å². The van der Waals surface area contributed by atoms with Gasteiger partial charge in [-0.1, -0.05) is 55.9 Å². The summed E-state index contributed by atoms with van der Waals surface area (Å²) in [6.07, 6.45) is 0.325. The second-order valence-electron chi connectivity index (χ2n) is 7.90. The topological polar surface area (TPSA) is 72.7 Å². The Hall–Kier alpha value is -3.66. The van der Waals surface area contributed by atoms with Crippen molar-refractivity contribution in [3.05, 3.63) is 83.7 Å². The van der Waals surface area contributed by atoms with Gasteiger partial charge in [-0.25, -0.2) is 0 Å². The van der Waals surface area contributed by atoms with Crippen molar-refractivity contribution < 1.29 is 18.0 Å². The summed E-state index contributed by atoms with van der Waals surface area (Å²) in [5.41, 5.74) is 2.70. The number of aromatic nitrogens is 4. The maximum Gasteiger partial charge on any atom is 0.418 e. The fourth-order valence-corrected chi connectivity index (χ4v) is 4.64. The first-order valence-electron chi connectivity index (χ1n) is 11.4. The maximum absolute atomic E-state index is 13.3. The zero-order chi connectivity index (χ0) is 25.7. The van der Waals surface area contributed by atoms with Crippen molar-refractivity contribution in [3.8, 4) is 17.1 Å². The summed E-state index contributed by atoms with van der Waals surface area (Å²) in [5.74, 6) is -0.148. The van der Waals surface area contributed by atoms with Crippen LogP contribution in [-0.2, 0) is 23.8 Å². The second kappa shape index (κ2) is 10.9. The Morgan fingerprint density at radius 3 is 2.33 bits per heavy atom. The predicted octanol–water partition coefficient (Wildman–Crippen LogP) is 6.20. The van der Waals surface area contributed by atoms with Crippen LogP contribution in [0.15, 0.2) is 72.1 Å². The van der Waals surface area contributed by atoms with Crippen molar-refractivity contribution in [1.82, 2.24) is 19.7 Å². The van der Waals surface area contributed by atoms with Crippen LogP contribution in [0.2, 0.25) is 0 Å². The van der Waals surface area contributed by atoms with Crippen LogP contribution >= 0.6 is 11.8 Å². The molecule has 0 saturated carbocycles. The molecule has 0 fully saturated rings. The summed E-state index contributed by atoms with van der Waals surface area (Å²) < 4.78 is 41.9. The maximum atomic E-state index is 13.3. The van der Waals surface area contributed by atoms with Crippen LogP contribution in [0.25, 0.3) is 17.1 Å². The van der Waals surface area contributed by atoms with Crippen molar-refractivity contribution in [2.24, 2.45) is 0 Å². The number of halogens is 3. The van der Waals surface area contributed by atoms with E-state index in [9.17, 15) is 18.0 Å². The number of carbonyl (C=O) groups is 1. The third kappa shape index (κ3) is 5.43. The van der Waals surface area contributed by atoms with Crippen LogP contribution in [0.5, 0.6) is 0 Å². The fraction of sp³-hybridized carbons (Fsp3) is 0.231. The normalized spacial score (nSPS) is 11.5. The summed E-state index contributed by atoms with van der Waals surface area (Å²) in [7, 11) is 0. The number of amides is 1. The minimum Gasteiger partial charge on any atom is -0.325 e. The first-order valence-corrected chi connectivity index (χ1v) is 12.4. The van der Waals surface area contributed by atoms with Gasteiger partial charge in [0, 0.05) is 18.0 Å². The third-order valence-corrected chi connectivity index (χ3v) is 6.51. The molecule has 1 amide bonds. The number of anilines is 1. The van der Waals surface area contributed by atoms with Gasteiger partial charge in [0.15, 0.2) is 11.0 Å². The fourth-order valence-electron chi connectivity index (χ4n) is 3.91. The van der Waals surface area contributed by atoms with Crippen LogP contribution in [-0.4, -0.2) is 31.4 Å². The van der Waals surface area contributed by atoms with Gasteiger partial charge >= 0.3 is 6.18 Å². The molecule has 0 unspecified atom stereocenters. The highest BCUT2D eigenvalue weighted by atomic mass is 32.2. The number of hydrogen-bond acceptors (Lipinski definition) is 5. The molecule has 0 aliphatic rings. The highest BCUT2D eigenvalue weighted by Crippen LogP contribution is 2.35. The number of nitrogens with one attached hydrogen (secondary N) is 1. The van der Waals surface area contributed by atoms with Gasteiger partial charge in [0.2, 0.25) is 5.91 Å². The molecule has 0 radical (unpaired) electrons. The number of carbonyl (C=O) groups excluding carboxylic acids is 1. The van der Waals surface area contributed by atoms with E-state index in [2.05, 4.69) is 34.3 Å². The molecule has 0 saturated heterocycles. The molecule has 2 aromatic heterocycles. The molecule has 36 heavy (non-hydrogen) atoms. The molecule has 0 bridgehead atoms. The van der Waals surface area contributed by atoms with Gasteiger partial charge in [-0.05, 0) is 48.2 Å². The number of para-hydroxylation sites is 2. The average molecular weight is 512 g/mol. The van der Waals surface area contributed by atoms with E-state index >= 15 is 0 Å².